The molecule has 0 bridgehead atoms. The minimum absolute atomic E-state index is 0.910. The summed E-state index contributed by atoms with van der Waals surface area (Å²) in [6.45, 7) is 4.51. The molecule has 98 valence electrons. The molecule has 2 atom stereocenters. The summed E-state index contributed by atoms with van der Waals surface area (Å²) >= 11 is 0. The molecule has 3 rings (SSSR count). The molecule has 2 fully saturated rings. The van der Waals surface area contributed by atoms with Gasteiger partial charge < -0.3 is 10.6 Å². The maximum Gasteiger partial charge on any atom is 0.0600 e. The Morgan fingerprint density at radius 3 is 2.67 bits per heavy atom. The first kappa shape index (κ1) is 11.9. The van der Waals surface area contributed by atoms with E-state index < -0.39 is 0 Å². The number of piperidine rings is 1. The third-order valence-electron chi connectivity index (χ3n) is 4.81. The van der Waals surface area contributed by atoms with Crippen molar-refractivity contribution in [1.29, 1.82) is 0 Å². The number of nitrogen functional groups attached to an aromatic ring is 1. The number of hydrogen-bond acceptors (Lipinski definition) is 2. The van der Waals surface area contributed by atoms with Gasteiger partial charge in [0.25, 0.3) is 0 Å². The van der Waals surface area contributed by atoms with Gasteiger partial charge in [0.15, 0.2) is 0 Å². The van der Waals surface area contributed by atoms with Gasteiger partial charge in [-0.15, -0.1) is 0 Å². The molecular weight excluding hydrogens is 220 g/mol. The summed E-state index contributed by atoms with van der Waals surface area (Å²) in [6, 6.07) is 6.48. The first-order valence-corrected chi connectivity index (χ1v) is 7.35. The molecule has 2 unspecified atom stereocenters. The fourth-order valence-electron chi connectivity index (χ4n) is 3.78. The van der Waals surface area contributed by atoms with Crippen LogP contribution >= 0.6 is 0 Å². The average Bonchev–Trinajstić information content (AvgIpc) is 2.38. The van der Waals surface area contributed by atoms with Crippen LogP contribution in [-0.4, -0.2) is 13.1 Å². The molecule has 2 nitrogen and oxygen atoms in total. The Balaban J connectivity index is 1.77. The van der Waals surface area contributed by atoms with Crippen LogP contribution in [0.5, 0.6) is 0 Å². The van der Waals surface area contributed by atoms with E-state index in [2.05, 4.69) is 30.0 Å². The van der Waals surface area contributed by atoms with Gasteiger partial charge in [-0.2, -0.15) is 0 Å². The quantitative estimate of drug-likeness (QED) is 0.765. The Kier molecular flexibility index (Phi) is 3.19. The highest BCUT2D eigenvalue weighted by Crippen LogP contribution is 2.38. The standard InChI is InChI=1S/C16H24N2/c1-12-6-7-16(15(17)10-12)18-9-8-13-4-2-3-5-14(13)11-18/h6-7,10,13-14H,2-5,8-9,11,17H2,1H3. The molecule has 0 amide bonds. The van der Waals surface area contributed by atoms with Gasteiger partial charge in [0, 0.05) is 13.1 Å². The second-order valence-electron chi connectivity index (χ2n) is 6.10. The van der Waals surface area contributed by atoms with Crippen LogP contribution in [0.15, 0.2) is 18.2 Å². The lowest BCUT2D eigenvalue weighted by atomic mass is 9.75. The van der Waals surface area contributed by atoms with E-state index in [1.54, 1.807) is 0 Å². The molecule has 1 aromatic rings. The Morgan fingerprint density at radius 2 is 1.89 bits per heavy atom. The number of anilines is 2. The summed E-state index contributed by atoms with van der Waals surface area (Å²) in [6.07, 6.45) is 7.12. The fourth-order valence-corrected chi connectivity index (χ4v) is 3.78. The van der Waals surface area contributed by atoms with Gasteiger partial charge >= 0.3 is 0 Å². The van der Waals surface area contributed by atoms with E-state index >= 15 is 0 Å². The topological polar surface area (TPSA) is 29.3 Å². The average molecular weight is 244 g/mol. The van der Waals surface area contributed by atoms with Crippen molar-refractivity contribution >= 4 is 11.4 Å². The van der Waals surface area contributed by atoms with Crippen LogP contribution in [0.25, 0.3) is 0 Å². The number of hydrogen-bond donors (Lipinski definition) is 1. The van der Waals surface area contributed by atoms with Crippen molar-refractivity contribution in [1.82, 2.24) is 0 Å². The van der Waals surface area contributed by atoms with Crippen molar-refractivity contribution < 1.29 is 0 Å². The molecule has 1 saturated heterocycles. The summed E-state index contributed by atoms with van der Waals surface area (Å²) in [5.41, 5.74) is 9.63. The Hall–Kier alpha value is -1.18. The lowest BCUT2D eigenvalue weighted by Crippen LogP contribution is -2.42. The van der Waals surface area contributed by atoms with Gasteiger partial charge in [-0.25, -0.2) is 0 Å². The van der Waals surface area contributed by atoms with Gasteiger partial charge in [0.05, 0.1) is 11.4 Å². The van der Waals surface area contributed by atoms with Crippen LogP contribution in [0, 0.1) is 18.8 Å². The highest BCUT2D eigenvalue weighted by molar-refractivity contribution is 5.68. The minimum atomic E-state index is 0.910. The van der Waals surface area contributed by atoms with E-state index in [-0.39, 0.29) is 0 Å². The van der Waals surface area contributed by atoms with Gasteiger partial charge in [-0.3, -0.25) is 0 Å². The monoisotopic (exact) mass is 244 g/mol. The SMILES string of the molecule is Cc1ccc(N2CCC3CCCCC3C2)c(N)c1. The molecule has 18 heavy (non-hydrogen) atoms. The summed E-state index contributed by atoms with van der Waals surface area (Å²) < 4.78 is 0. The molecule has 1 aliphatic carbocycles. The predicted octanol–water partition coefficient (Wildman–Crippen LogP) is 3.59. The largest absolute Gasteiger partial charge is 0.397 e. The van der Waals surface area contributed by atoms with Crippen molar-refractivity contribution in [3.63, 3.8) is 0 Å². The maximum absolute atomic E-state index is 6.18. The molecule has 1 heterocycles. The first-order valence-electron chi connectivity index (χ1n) is 7.35. The van der Waals surface area contributed by atoms with Gasteiger partial charge in [-0.05, 0) is 49.3 Å². The second-order valence-corrected chi connectivity index (χ2v) is 6.10. The van der Waals surface area contributed by atoms with Crippen molar-refractivity contribution in [2.75, 3.05) is 23.7 Å². The summed E-state index contributed by atoms with van der Waals surface area (Å²) in [5, 5.41) is 0. The third kappa shape index (κ3) is 2.21. The molecule has 0 radical (unpaired) electrons. The molecule has 1 aromatic carbocycles. The molecule has 0 spiro atoms. The van der Waals surface area contributed by atoms with Crippen LogP contribution in [0.4, 0.5) is 11.4 Å². The van der Waals surface area contributed by atoms with Crippen molar-refractivity contribution in [3.05, 3.63) is 23.8 Å². The summed E-state index contributed by atoms with van der Waals surface area (Å²) in [5.74, 6) is 1.90. The van der Waals surface area contributed by atoms with Crippen LogP contribution in [-0.2, 0) is 0 Å². The lowest BCUT2D eigenvalue weighted by molar-refractivity contribution is 0.202. The summed E-state index contributed by atoms with van der Waals surface area (Å²) in [7, 11) is 0. The fraction of sp³-hybridized carbons (Fsp3) is 0.625. The smallest absolute Gasteiger partial charge is 0.0600 e. The highest BCUT2D eigenvalue weighted by Gasteiger charge is 2.31. The van der Waals surface area contributed by atoms with Crippen LogP contribution < -0.4 is 10.6 Å². The number of aryl methyl sites for hydroxylation is 1. The van der Waals surface area contributed by atoms with Crippen molar-refractivity contribution in [3.8, 4) is 0 Å². The molecule has 2 heteroatoms. The van der Waals surface area contributed by atoms with E-state index in [1.807, 2.05) is 0 Å². The van der Waals surface area contributed by atoms with Crippen LogP contribution in [0.3, 0.4) is 0 Å². The summed E-state index contributed by atoms with van der Waals surface area (Å²) in [4.78, 5) is 2.52. The van der Waals surface area contributed by atoms with E-state index in [9.17, 15) is 0 Å². The predicted molar refractivity (Wildman–Crippen MR) is 77.9 cm³/mol. The Morgan fingerprint density at radius 1 is 1.11 bits per heavy atom. The zero-order valence-corrected chi connectivity index (χ0v) is 11.4. The molecular formula is C16H24N2. The zero-order chi connectivity index (χ0) is 12.5. The first-order chi connectivity index (χ1) is 8.74. The van der Waals surface area contributed by atoms with Gasteiger partial charge in [0.1, 0.15) is 0 Å². The van der Waals surface area contributed by atoms with Crippen LogP contribution in [0.1, 0.15) is 37.7 Å². The molecule has 2 N–H and O–H groups in total. The molecule has 1 aliphatic heterocycles. The van der Waals surface area contributed by atoms with Gasteiger partial charge in [-0.1, -0.05) is 25.3 Å². The highest BCUT2D eigenvalue weighted by atomic mass is 15.1. The Labute approximate surface area is 110 Å². The lowest BCUT2D eigenvalue weighted by Gasteiger charge is -2.42. The zero-order valence-electron chi connectivity index (χ0n) is 11.4. The van der Waals surface area contributed by atoms with E-state index in [0.29, 0.717) is 0 Å². The van der Waals surface area contributed by atoms with Crippen molar-refractivity contribution in [2.45, 2.75) is 39.0 Å². The second kappa shape index (κ2) is 4.83. The normalized spacial score (nSPS) is 27.9. The van der Waals surface area contributed by atoms with Gasteiger partial charge in [0.2, 0.25) is 0 Å². The number of benzene rings is 1. The molecule has 0 aromatic heterocycles. The van der Waals surface area contributed by atoms with E-state index in [1.165, 1.54) is 56.4 Å². The maximum atomic E-state index is 6.18. The molecule has 2 aliphatic rings. The van der Waals surface area contributed by atoms with E-state index in [4.69, 9.17) is 5.73 Å². The number of fused-ring (bicyclic) bond motifs is 1. The van der Waals surface area contributed by atoms with E-state index in [0.717, 1.165) is 17.5 Å². The number of nitrogens with two attached hydrogens (primary N) is 1. The number of rotatable bonds is 1. The Bertz CT molecular complexity index is 427. The van der Waals surface area contributed by atoms with Crippen LogP contribution in [0.2, 0.25) is 0 Å². The third-order valence-corrected chi connectivity index (χ3v) is 4.81. The van der Waals surface area contributed by atoms with Crippen molar-refractivity contribution in [2.24, 2.45) is 11.8 Å². The number of nitrogens with zero attached hydrogens (tertiary/aromatic N) is 1. The molecule has 1 saturated carbocycles. The minimum Gasteiger partial charge on any atom is -0.397 e.